The van der Waals surface area contributed by atoms with Gasteiger partial charge in [-0.2, -0.15) is 0 Å². The zero-order chi connectivity index (χ0) is 14.4. The van der Waals surface area contributed by atoms with Gasteiger partial charge in [-0.3, -0.25) is 4.79 Å². The summed E-state index contributed by atoms with van der Waals surface area (Å²) in [6.45, 7) is 5.62. The van der Waals surface area contributed by atoms with Crippen molar-refractivity contribution in [2.45, 2.75) is 33.2 Å². The zero-order valence-electron chi connectivity index (χ0n) is 11.3. The first-order chi connectivity index (χ1) is 8.88. The Morgan fingerprint density at radius 3 is 2.58 bits per heavy atom. The van der Waals surface area contributed by atoms with Gasteiger partial charge in [-0.1, -0.05) is 13.8 Å². The molecule has 1 rings (SSSR count). The summed E-state index contributed by atoms with van der Waals surface area (Å²) in [7, 11) is 0. The molecule has 2 N–H and O–H groups in total. The number of carboxylic acids is 1. The lowest BCUT2D eigenvalue weighted by atomic mass is 10.0. The van der Waals surface area contributed by atoms with Gasteiger partial charge < -0.3 is 14.8 Å². The number of carbonyl (C=O) groups excluding carboxylic acids is 1. The third kappa shape index (κ3) is 5.42. The standard InChI is InChI=1S/C14H19NO4/c1-9(2)8-12(14(17)18)15-13(16)7-6-11-5-4-10(3)19-11/h4-7,9,12H,8H2,1-3H3,(H,15,16)(H,17,18)/b7-6+/t12-/m0/s1. The first-order valence-corrected chi connectivity index (χ1v) is 6.16. The summed E-state index contributed by atoms with van der Waals surface area (Å²) in [5.41, 5.74) is 0. The van der Waals surface area contributed by atoms with Gasteiger partial charge in [0.2, 0.25) is 5.91 Å². The molecule has 19 heavy (non-hydrogen) atoms. The minimum Gasteiger partial charge on any atom is -0.480 e. The summed E-state index contributed by atoms with van der Waals surface area (Å²) in [6.07, 6.45) is 3.18. The number of hydrogen-bond donors (Lipinski definition) is 2. The van der Waals surface area contributed by atoms with Gasteiger partial charge in [-0.05, 0) is 37.5 Å². The Morgan fingerprint density at radius 2 is 2.11 bits per heavy atom. The molecule has 0 radical (unpaired) electrons. The molecule has 0 aliphatic heterocycles. The highest BCUT2D eigenvalue weighted by Crippen LogP contribution is 2.08. The first kappa shape index (κ1) is 15.0. The van der Waals surface area contributed by atoms with E-state index < -0.39 is 17.9 Å². The normalized spacial score (nSPS) is 12.8. The largest absolute Gasteiger partial charge is 0.480 e. The van der Waals surface area contributed by atoms with Crippen LogP contribution in [0.3, 0.4) is 0 Å². The van der Waals surface area contributed by atoms with Crippen LogP contribution in [0.1, 0.15) is 31.8 Å². The molecule has 5 nitrogen and oxygen atoms in total. The van der Waals surface area contributed by atoms with Crippen molar-refractivity contribution in [2.24, 2.45) is 5.92 Å². The lowest BCUT2D eigenvalue weighted by molar-refractivity contribution is -0.141. The second-order valence-electron chi connectivity index (χ2n) is 4.81. The predicted molar refractivity (Wildman–Crippen MR) is 71.5 cm³/mol. The molecule has 1 aromatic rings. The summed E-state index contributed by atoms with van der Waals surface area (Å²) < 4.78 is 5.27. The number of rotatable bonds is 6. The first-order valence-electron chi connectivity index (χ1n) is 6.16. The number of nitrogens with one attached hydrogen (secondary N) is 1. The van der Waals surface area contributed by atoms with Crippen LogP contribution in [0.15, 0.2) is 22.6 Å². The van der Waals surface area contributed by atoms with Crippen LogP contribution in [0.2, 0.25) is 0 Å². The molecule has 1 amide bonds. The summed E-state index contributed by atoms with van der Waals surface area (Å²) in [5, 5.41) is 11.5. The van der Waals surface area contributed by atoms with E-state index in [1.807, 2.05) is 13.8 Å². The number of furan rings is 1. The lowest BCUT2D eigenvalue weighted by Gasteiger charge is -2.15. The fourth-order valence-corrected chi connectivity index (χ4v) is 1.61. The van der Waals surface area contributed by atoms with Gasteiger partial charge in [0, 0.05) is 6.08 Å². The Morgan fingerprint density at radius 1 is 1.42 bits per heavy atom. The fourth-order valence-electron chi connectivity index (χ4n) is 1.61. The minimum absolute atomic E-state index is 0.193. The van der Waals surface area contributed by atoms with Crippen molar-refractivity contribution in [2.75, 3.05) is 0 Å². The molecule has 0 bridgehead atoms. The predicted octanol–water partition coefficient (Wildman–Crippen LogP) is 2.22. The summed E-state index contributed by atoms with van der Waals surface area (Å²) in [5.74, 6) is 0.0381. The van der Waals surface area contributed by atoms with Crippen LogP contribution in [-0.4, -0.2) is 23.0 Å². The van der Waals surface area contributed by atoms with E-state index in [1.54, 1.807) is 19.1 Å². The van der Waals surface area contributed by atoms with Gasteiger partial charge >= 0.3 is 5.97 Å². The van der Waals surface area contributed by atoms with Crippen molar-refractivity contribution in [3.63, 3.8) is 0 Å². The van der Waals surface area contributed by atoms with Crippen LogP contribution in [0, 0.1) is 12.8 Å². The van der Waals surface area contributed by atoms with E-state index in [1.165, 1.54) is 12.2 Å². The van der Waals surface area contributed by atoms with Gasteiger partial charge in [-0.25, -0.2) is 4.79 Å². The van der Waals surface area contributed by atoms with E-state index in [9.17, 15) is 9.59 Å². The van der Waals surface area contributed by atoms with Crippen LogP contribution >= 0.6 is 0 Å². The number of amides is 1. The number of carbonyl (C=O) groups is 2. The molecule has 0 unspecified atom stereocenters. The Bertz CT molecular complexity index is 474. The molecule has 5 heteroatoms. The highest BCUT2D eigenvalue weighted by Gasteiger charge is 2.19. The molecular formula is C14H19NO4. The van der Waals surface area contributed by atoms with Gasteiger partial charge in [0.1, 0.15) is 17.6 Å². The maximum Gasteiger partial charge on any atom is 0.326 e. The quantitative estimate of drug-likeness (QED) is 0.773. The fraction of sp³-hybridized carbons (Fsp3) is 0.429. The zero-order valence-corrected chi connectivity index (χ0v) is 11.3. The van der Waals surface area contributed by atoms with Crippen LogP contribution in [0.4, 0.5) is 0 Å². The number of aryl methyl sites for hydroxylation is 1. The molecule has 1 heterocycles. The van der Waals surface area contributed by atoms with Crippen molar-refractivity contribution in [3.8, 4) is 0 Å². The Hall–Kier alpha value is -2.04. The topological polar surface area (TPSA) is 79.5 Å². The van der Waals surface area contributed by atoms with Gasteiger partial charge in [0.25, 0.3) is 0 Å². The Balaban J connectivity index is 2.57. The highest BCUT2D eigenvalue weighted by molar-refractivity contribution is 5.94. The molecule has 0 saturated carbocycles. The van der Waals surface area contributed by atoms with Crippen molar-refractivity contribution in [3.05, 3.63) is 29.7 Å². The number of aliphatic carboxylic acids is 1. The molecule has 1 aromatic heterocycles. The maximum atomic E-state index is 11.6. The molecular weight excluding hydrogens is 246 g/mol. The Labute approximate surface area is 112 Å². The van der Waals surface area contributed by atoms with Crippen molar-refractivity contribution in [1.82, 2.24) is 5.32 Å². The third-order valence-corrected chi connectivity index (χ3v) is 2.48. The van der Waals surface area contributed by atoms with Crippen LogP contribution in [0.5, 0.6) is 0 Å². The molecule has 0 aromatic carbocycles. The van der Waals surface area contributed by atoms with Gasteiger partial charge in [0.15, 0.2) is 0 Å². The Kier molecular flexibility index (Phi) is 5.36. The molecule has 0 saturated heterocycles. The van der Waals surface area contributed by atoms with E-state index >= 15 is 0 Å². The van der Waals surface area contributed by atoms with Gasteiger partial charge in [-0.15, -0.1) is 0 Å². The molecule has 0 fully saturated rings. The van der Waals surface area contributed by atoms with E-state index in [0.29, 0.717) is 12.2 Å². The second kappa shape index (κ2) is 6.78. The number of hydrogen-bond acceptors (Lipinski definition) is 3. The van der Waals surface area contributed by atoms with Crippen molar-refractivity contribution in [1.29, 1.82) is 0 Å². The third-order valence-electron chi connectivity index (χ3n) is 2.48. The monoisotopic (exact) mass is 265 g/mol. The van der Waals surface area contributed by atoms with E-state index in [0.717, 1.165) is 5.76 Å². The molecule has 0 spiro atoms. The highest BCUT2D eigenvalue weighted by atomic mass is 16.4. The molecule has 1 atom stereocenters. The molecule has 0 aliphatic rings. The molecule has 0 aliphatic carbocycles. The summed E-state index contributed by atoms with van der Waals surface area (Å²) in [6, 6.07) is 2.66. The minimum atomic E-state index is -1.02. The summed E-state index contributed by atoms with van der Waals surface area (Å²) in [4.78, 5) is 22.6. The van der Waals surface area contributed by atoms with Gasteiger partial charge in [0.05, 0.1) is 0 Å². The lowest BCUT2D eigenvalue weighted by Crippen LogP contribution is -2.40. The van der Waals surface area contributed by atoms with Crippen LogP contribution in [0.25, 0.3) is 6.08 Å². The number of carboxylic acid groups (broad SMARTS) is 1. The van der Waals surface area contributed by atoms with E-state index in [2.05, 4.69) is 5.32 Å². The van der Waals surface area contributed by atoms with E-state index in [-0.39, 0.29) is 5.92 Å². The average Bonchev–Trinajstić information content (AvgIpc) is 2.71. The SMILES string of the molecule is Cc1ccc(/C=C/C(=O)N[C@@H](CC(C)C)C(=O)O)o1. The van der Waals surface area contributed by atoms with Crippen molar-refractivity contribution < 1.29 is 19.1 Å². The van der Waals surface area contributed by atoms with Crippen molar-refractivity contribution >= 4 is 18.0 Å². The van der Waals surface area contributed by atoms with Crippen LogP contribution in [-0.2, 0) is 9.59 Å². The molecule has 104 valence electrons. The van der Waals surface area contributed by atoms with Crippen LogP contribution < -0.4 is 5.32 Å². The maximum absolute atomic E-state index is 11.6. The van der Waals surface area contributed by atoms with E-state index in [4.69, 9.17) is 9.52 Å². The summed E-state index contributed by atoms with van der Waals surface area (Å²) >= 11 is 0. The second-order valence-corrected chi connectivity index (χ2v) is 4.81. The average molecular weight is 265 g/mol. The smallest absolute Gasteiger partial charge is 0.326 e.